The van der Waals surface area contributed by atoms with Crippen molar-refractivity contribution in [3.05, 3.63) is 53.4 Å². The van der Waals surface area contributed by atoms with E-state index in [-0.39, 0.29) is 11.9 Å². The first kappa shape index (κ1) is 14.3. The van der Waals surface area contributed by atoms with Crippen molar-refractivity contribution in [3.63, 3.8) is 0 Å². The molecule has 1 fully saturated rings. The van der Waals surface area contributed by atoms with Crippen molar-refractivity contribution >= 4 is 27.6 Å². The second kappa shape index (κ2) is 5.70. The number of aromatic nitrogens is 3. The van der Waals surface area contributed by atoms with Gasteiger partial charge in [0.15, 0.2) is 5.01 Å². The number of carbonyl (C=O) groups excluding carboxylic acids is 1. The standard InChI is InChI=1S/C17H16N4OS/c1-11-8-14(12-4-2-6-18-9-12)21(10-11)17(22)16-20-13-5-3-7-19-15(13)23-16/h2-7,9,11,14H,8,10H2,1H3. The molecule has 0 radical (unpaired) electrons. The Labute approximate surface area is 138 Å². The van der Waals surface area contributed by atoms with Crippen LogP contribution in [0.5, 0.6) is 0 Å². The maximum absolute atomic E-state index is 13.0. The van der Waals surface area contributed by atoms with Crippen molar-refractivity contribution in [2.45, 2.75) is 19.4 Å². The number of hydrogen-bond acceptors (Lipinski definition) is 5. The van der Waals surface area contributed by atoms with Gasteiger partial charge in [-0.1, -0.05) is 24.3 Å². The molecule has 1 amide bonds. The molecule has 0 saturated carbocycles. The van der Waals surface area contributed by atoms with E-state index in [9.17, 15) is 4.79 Å². The molecule has 116 valence electrons. The third-order valence-electron chi connectivity index (χ3n) is 4.19. The van der Waals surface area contributed by atoms with Crippen LogP contribution < -0.4 is 0 Å². The number of fused-ring (bicyclic) bond motifs is 1. The highest BCUT2D eigenvalue weighted by molar-refractivity contribution is 7.19. The Morgan fingerprint density at radius 1 is 1.30 bits per heavy atom. The third kappa shape index (κ3) is 2.59. The van der Waals surface area contributed by atoms with Crippen molar-refractivity contribution in [2.24, 2.45) is 5.92 Å². The van der Waals surface area contributed by atoms with Crippen molar-refractivity contribution in [3.8, 4) is 0 Å². The number of amides is 1. The van der Waals surface area contributed by atoms with Crippen molar-refractivity contribution in [1.82, 2.24) is 19.9 Å². The molecule has 6 heteroatoms. The molecule has 0 spiro atoms. The molecule has 0 aromatic carbocycles. The van der Waals surface area contributed by atoms with Crippen LogP contribution in [-0.4, -0.2) is 32.3 Å². The molecule has 1 saturated heterocycles. The Kier molecular flexibility index (Phi) is 3.53. The fraction of sp³-hybridized carbons (Fsp3) is 0.294. The largest absolute Gasteiger partial charge is 0.329 e. The Bertz CT molecular complexity index is 815. The highest BCUT2D eigenvalue weighted by Crippen LogP contribution is 2.36. The summed E-state index contributed by atoms with van der Waals surface area (Å²) in [5.74, 6) is 0.461. The minimum atomic E-state index is -0.00815. The van der Waals surface area contributed by atoms with Crippen LogP contribution in [0, 0.1) is 5.92 Å². The smallest absolute Gasteiger partial charge is 0.283 e. The molecule has 0 N–H and O–H groups in total. The maximum Gasteiger partial charge on any atom is 0.283 e. The summed E-state index contributed by atoms with van der Waals surface area (Å²) in [5.41, 5.74) is 1.87. The van der Waals surface area contributed by atoms with Gasteiger partial charge in [-0.05, 0) is 36.1 Å². The molecule has 0 aliphatic carbocycles. The van der Waals surface area contributed by atoms with Gasteiger partial charge in [-0.3, -0.25) is 9.78 Å². The Morgan fingerprint density at radius 2 is 2.17 bits per heavy atom. The van der Waals surface area contributed by atoms with Gasteiger partial charge in [0.25, 0.3) is 5.91 Å². The first-order valence-electron chi connectivity index (χ1n) is 7.65. The maximum atomic E-state index is 13.0. The van der Waals surface area contributed by atoms with E-state index in [1.54, 1.807) is 12.4 Å². The lowest BCUT2D eigenvalue weighted by molar-refractivity contribution is 0.0732. The van der Waals surface area contributed by atoms with E-state index < -0.39 is 0 Å². The molecule has 4 rings (SSSR count). The number of pyridine rings is 2. The molecule has 0 bridgehead atoms. The lowest BCUT2D eigenvalue weighted by Gasteiger charge is -2.23. The van der Waals surface area contributed by atoms with Gasteiger partial charge in [0.05, 0.1) is 6.04 Å². The van der Waals surface area contributed by atoms with Crippen LogP contribution in [0.25, 0.3) is 10.3 Å². The molecule has 2 unspecified atom stereocenters. The van der Waals surface area contributed by atoms with E-state index in [0.717, 1.165) is 28.9 Å². The van der Waals surface area contributed by atoms with Gasteiger partial charge < -0.3 is 4.90 Å². The predicted molar refractivity (Wildman–Crippen MR) is 89.2 cm³/mol. The van der Waals surface area contributed by atoms with E-state index in [0.29, 0.717) is 10.9 Å². The first-order chi connectivity index (χ1) is 11.2. The summed E-state index contributed by atoms with van der Waals surface area (Å²) in [6.45, 7) is 2.93. The Balaban J connectivity index is 1.68. The number of nitrogens with zero attached hydrogens (tertiary/aromatic N) is 4. The summed E-state index contributed by atoms with van der Waals surface area (Å²) in [5, 5.41) is 0.515. The van der Waals surface area contributed by atoms with Crippen LogP contribution in [0.2, 0.25) is 0 Å². The fourth-order valence-corrected chi connectivity index (χ4v) is 4.01. The van der Waals surface area contributed by atoms with Gasteiger partial charge in [0.2, 0.25) is 0 Å². The van der Waals surface area contributed by atoms with E-state index in [2.05, 4.69) is 21.9 Å². The highest BCUT2D eigenvalue weighted by Gasteiger charge is 2.35. The number of thiazole rings is 1. The number of carbonyl (C=O) groups is 1. The molecular weight excluding hydrogens is 308 g/mol. The molecule has 3 aromatic rings. The van der Waals surface area contributed by atoms with Crippen LogP contribution in [-0.2, 0) is 0 Å². The van der Waals surface area contributed by atoms with Gasteiger partial charge >= 0.3 is 0 Å². The zero-order valence-electron chi connectivity index (χ0n) is 12.7. The van der Waals surface area contributed by atoms with Crippen molar-refractivity contribution < 1.29 is 4.79 Å². The third-order valence-corrected chi connectivity index (χ3v) is 5.16. The summed E-state index contributed by atoms with van der Waals surface area (Å²) in [6.07, 6.45) is 6.29. The van der Waals surface area contributed by atoms with Crippen molar-refractivity contribution in [1.29, 1.82) is 0 Å². The lowest BCUT2D eigenvalue weighted by atomic mass is 10.0. The second-order valence-electron chi connectivity index (χ2n) is 5.95. The monoisotopic (exact) mass is 324 g/mol. The molecule has 2 atom stereocenters. The molecule has 5 nitrogen and oxygen atoms in total. The van der Waals surface area contributed by atoms with Gasteiger partial charge in [-0.2, -0.15) is 0 Å². The predicted octanol–water partition coefficient (Wildman–Crippen LogP) is 3.31. The Morgan fingerprint density at radius 3 is 2.96 bits per heavy atom. The van der Waals surface area contributed by atoms with Gasteiger partial charge in [0.1, 0.15) is 10.3 Å². The summed E-state index contributed by atoms with van der Waals surface area (Å²) in [6, 6.07) is 7.76. The highest BCUT2D eigenvalue weighted by atomic mass is 32.1. The average Bonchev–Trinajstić information content (AvgIpc) is 3.18. The van der Waals surface area contributed by atoms with Crippen LogP contribution in [0.15, 0.2) is 42.9 Å². The quantitative estimate of drug-likeness (QED) is 0.725. The number of likely N-dealkylation sites (tertiary alicyclic amines) is 1. The molecule has 4 heterocycles. The Hall–Kier alpha value is -2.34. The van der Waals surface area contributed by atoms with Gasteiger partial charge in [-0.25, -0.2) is 9.97 Å². The SMILES string of the molecule is CC1CC(c2cccnc2)N(C(=O)c2nc3cccnc3s2)C1. The number of hydrogen-bond donors (Lipinski definition) is 0. The minimum Gasteiger partial charge on any atom is -0.329 e. The second-order valence-corrected chi connectivity index (χ2v) is 6.92. The number of rotatable bonds is 2. The average molecular weight is 324 g/mol. The first-order valence-corrected chi connectivity index (χ1v) is 8.46. The van der Waals surface area contributed by atoms with E-state index in [4.69, 9.17) is 0 Å². The van der Waals surface area contributed by atoms with Crippen LogP contribution in [0.1, 0.15) is 34.8 Å². The van der Waals surface area contributed by atoms with Crippen LogP contribution >= 0.6 is 11.3 Å². The van der Waals surface area contributed by atoms with Crippen molar-refractivity contribution in [2.75, 3.05) is 6.54 Å². The fourth-order valence-electron chi connectivity index (χ4n) is 3.14. The van der Waals surface area contributed by atoms with E-state index >= 15 is 0 Å². The summed E-state index contributed by atoms with van der Waals surface area (Å²) >= 11 is 1.36. The zero-order chi connectivity index (χ0) is 15.8. The molecule has 1 aliphatic rings. The summed E-state index contributed by atoms with van der Waals surface area (Å²) < 4.78 is 0. The molecule has 3 aromatic heterocycles. The zero-order valence-corrected chi connectivity index (χ0v) is 13.5. The van der Waals surface area contributed by atoms with E-state index in [1.807, 2.05) is 35.4 Å². The minimum absolute atomic E-state index is 0.00815. The topological polar surface area (TPSA) is 59.0 Å². The van der Waals surface area contributed by atoms with Gasteiger partial charge in [0, 0.05) is 25.1 Å². The lowest BCUT2D eigenvalue weighted by Crippen LogP contribution is -2.31. The molecule has 1 aliphatic heterocycles. The van der Waals surface area contributed by atoms with E-state index in [1.165, 1.54) is 11.3 Å². The molecular formula is C17H16N4OS. The normalized spacial score (nSPS) is 21.0. The summed E-state index contributed by atoms with van der Waals surface area (Å²) in [7, 11) is 0. The summed E-state index contributed by atoms with van der Waals surface area (Å²) in [4.78, 5) is 28.6. The van der Waals surface area contributed by atoms with Gasteiger partial charge in [-0.15, -0.1) is 0 Å². The van der Waals surface area contributed by atoms with Crippen LogP contribution in [0.4, 0.5) is 0 Å². The van der Waals surface area contributed by atoms with Crippen LogP contribution in [0.3, 0.4) is 0 Å². The molecule has 23 heavy (non-hydrogen) atoms.